The summed E-state index contributed by atoms with van der Waals surface area (Å²) in [7, 11) is -3.40. The van der Waals surface area contributed by atoms with Crippen molar-refractivity contribution in [2.45, 2.75) is 31.9 Å². The second kappa shape index (κ2) is 6.76. The molecule has 1 N–H and O–H groups in total. The molecule has 0 amide bonds. The molecule has 112 valence electrons. The first-order valence-electron chi connectivity index (χ1n) is 7.15. The number of hydrogen-bond acceptors (Lipinski definition) is 2. The Morgan fingerprint density at radius 3 is 2.29 bits per heavy atom. The van der Waals surface area contributed by atoms with E-state index >= 15 is 0 Å². The molecule has 0 fully saturated rings. The lowest BCUT2D eigenvalue weighted by molar-refractivity contribution is 0.600. The van der Waals surface area contributed by atoms with Crippen molar-refractivity contribution in [3.63, 3.8) is 0 Å². The third-order valence-corrected chi connectivity index (χ3v) is 4.81. The highest BCUT2D eigenvalue weighted by Gasteiger charge is 2.15. The van der Waals surface area contributed by atoms with E-state index in [0.717, 1.165) is 17.5 Å². The van der Waals surface area contributed by atoms with Gasteiger partial charge in [0, 0.05) is 0 Å². The molecule has 1 atom stereocenters. The normalized spacial score (nSPS) is 12.9. The number of nitrogens with one attached hydrogen (secondary N) is 1. The molecule has 0 saturated heterocycles. The lowest BCUT2D eigenvalue weighted by Crippen LogP contribution is -2.16. The molecule has 0 heterocycles. The molecule has 0 aliphatic heterocycles. The van der Waals surface area contributed by atoms with E-state index in [9.17, 15) is 8.42 Å². The summed E-state index contributed by atoms with van der Waals surface area (Å²) in [5.41, 5.74) is 2.51. The predicted molar refractivity (Wildman–Crippen MR) is 87.8 cm³/mol. The van der Waals surface area contributed by atoms with E-state index in [1.54, 1.807) is 0 Å². The van der Waals surface area contributed by atoms with Crippen LogP contribution < -0.4 is 4.72 Å². The first-order chi connectivity index (χ1) is 10.0. The van der Waals surface area contributed by atoms with Crippen molar-refractivity contribution < 1.29 is 8.42 Å². The zero-order chi connectivity index (χ0) is 15.3. The van der Waals surface area contributed by atoms with Gasteiger partial charge in [-0.15, -0.1) is 0 Å². The van der Waals surface area contributed by atoms with Crippen LogP contribution in [0, 0.1) is 0 Å². The molecule has 0 aliphatic carbocycles. The summed E-state index contributed by atoms with van der Waals surface area (Å²) in [5.74, 6) is 0.309. The SMILES string of the molecule is CC[C@H](C)c1ccccc1NS(=O)(=O)Cc1ccccc1. The number of anilines is 1. The minimum Gasteiger partial charge on any atom is -0.283 e. The quantitative estimate of drug-likeness (QED) is 0.871. The molecular formula is C17H21NO2S. The fraction of sp³-hybridized carbons (Fsp3) is 0.294. The molecule has 2 aromatic carbocycles. The zero-order valence-electron chi connectivity index (χ0n) is 12.4. The Morgan fingerprint density at radius 1 is 1.00 bits per heavy atom. The van der Waals surface area contributed by atoms with Gasteiger partial charge in [0.2, 0.25) is 10.0 Å². The summed E-state index contributed by atoms with van der Waals surface area (Å²) in [4.78, 5) is 0. The topological polar surface area (TPSA) is 46.2 Å². The molecule has 0 radical (unpaired) electrons. The molecule has 4 heteroatoms. The van der Waals surface area contributed by atoms with Crippen LogP contribution in [-0.2, 0) is 15.8 Å². The third-order valence-electron chi connectivity index (χ3n) is 3.57. The Morgan fingerprint density at radius 2 is 1.62 bits per heavy atom. The van der Waals surface area contributed by atoms with Crippen LogP contribution in [0.15, 0.2) is 54.6 Å². The molecule has 0 unspecified atom stereocenters. The van der Waals surface area contributed by atoms with E-state index < -0.39 is 10.0 Å². The maximum absolute atomic E-state index is 12.3. The Hall–Kier alpha value is -1.81. The average molecular weight is 303 g/mol. The third kappa shape index (κ3) is 4.33. The van der Waals surface area contributed by atoms with Gasteiger partial charge in [0.15, 0.2) is 0 Å². The summed E-state index contributed by atoms with van der Waals surface area (Å²) in [6.07, 6.45) is 0.970. The van der Waals surface area contributed by atoms with Gasteiger partial charge in [-0.25, -0.2) is 8.42 Å². The smallest absolute Gasteiger partial charge is 0.236 e. The van der Waals surface area contributed by atoms with Crippen LogP contribution in [-0.4, -0.2) is 8.42 Å². The standard InChI is InChI=1S/C17H21NO2S/c1-3-14(2)16-11-7-8-12-17(16)18-21(19,20)13-15-9-5-4-6-10-15/h4-12,14,18H,3,13H2,1-2H3/t14-/m0/s1. The van der Waals surface area contributed by atoms with Crippen LogP contribution in [0.25, 0.3) is 0 Å². The highest BCUT2D eigenvalue weighted by Crippen LogP contribution is 2.27. The molecule has 0 saturated carbocycles. The van der Waals surface area contributed by atoms with Gasteiger partial charge in [0.1, 0.15) is 0 Å². The average Bonchev–Trinajstić information content (AvgIpc) is 2.47. The van der Waals surface area contributed by atoms with Crippen LogP contribution in [0.3, 0.4) is 0 Å². The van der Waals surface area contributed by atoms with Crippen molar-refractivity contribution in [2.24, 2.45) is 0 Å². The van der Waals surface area contributed by atoms with Crippen molar-refractivity contribution in [1.29, 1.82) is 0 Å². The zero-order valence-corrected chi connectivity index (χ0v) is 13.2. The van der Waals surface area contributed by atoms with Crippen molar-refractivity contribution in [1.82, 2.24) is 0 Å². The molecule has 2 aromatic rings. The largest absolute Gasteiger partial charge is 0.283 e. The number of benzene rings is 2. The van der Waals surface area contributed by atoms with E-state index in [1.807, 2.05) is 54.6 Å². The monoisotopic (exact) mass is 303 g/mol. The van der Waals surface area contributed by atoms with Crippen molar-refractivity contribution >= 4 is 15.7 Å². The van der Waals surface area contributed by atoms with E-state index in [2.05, 4.69) is 18.6 Å². The summed E-state index contributed by atoms with van der Waals surface area (Å²) in [6, 6.07) is 16.8. The Balaban J connectivity index is 2.21. The van der Waals surface area contributed by atoms with Crippen molar-refractivity contribution in [3.05, 3.63) is 65.7 Å². The van der Waals surface area contributed by atoms with E-state index in [-0.39, 0.29) is 5.75 Å². The van der Waals surface area contributed by atoms with Gasteiger partial charge in [-0.05, 0) is 29.5 Å². The fourth-order valence-corrected chi connectivity index (χ4v) is 3.46. The molecule has 0 bridgehead atoms. The van der Waals surface area contributed by atoms with Gasteiger partial charge in [-0.2, -0.15) is 0 Å². The lowest BCUT2D eigenvalue weighted by Gasteiger charge is -2.16. The van der Waals surface area contributed by atoms with Crippen LogP contribution in [0.4, 0.5) is 5.69 Å². The van der Waals surface area contributed by atoms with Gasteiger partial charge < -0.3 is 0 Å². The van der Waals surface area contributed by atoms with Gasteiger partial charge in [-0.1, -0.05) is 62.4 Å². The highest BCUT2D eigenvalue weighted by molar-refractivity contribution is 7.91. The molecule has 21 heavy (non-hydrogen) atoms. The van der Waals surface area contributed by atoms with Crippen LogP contribution in [0.5, 0.6) is 0 Å². The Kier molecular flexibility index (Phi) is 5.02. The molecule has 3 nitrogen and oxygen atoms in total. The number of sulfonamides is 1. The molecule has 0 aromatic heterocycles. The fourth-order valence-electron chi connectivity index (χ4n) is 2.24. The second-order valence-electron chi connectivity index (χ2n) is 5.24. The van der Waals surface area contributed by atoms with Crippen molar-refractivity contribution in [3.8, 4) is 0 Å². The minimum absolute atomic E-state index is 0.0112. The minimum atomic E-state index is -3.40. The van der Waals surface area contributed by atoms with Crippen LogP contribution >= 0.6 is 0 Å². The molecule has 0 spiro atoms. The molecule has 0 aliphatic rings. The van der Waals surface area contributed by atoms with Gasteiger partial charge in [-0.3, -0.25) is 4.72 Å². The van der Waals surface area contributed by atoms with Gasteiger partial charge in [0.05, 0.1) is 11.4 Å². The van der Waals surface area contributed by atoms with Crippen LogP contribution in [0.2, 0.25) is 0 Å². The van der Waals surface area contributed by atoms with E-state index in [1.165, 1.54) is 0 Å². The number of rotatable bonds is 6. The first-order valence-corrected chi connectivity index (χ1v) is 8.80. The maximum Gasteiger partial charge on any atom is 0.236 e. The Bertz CT molecular complexity index is 681. The van der Waals surface area contributed by atoms with Gasteiger partial charge >= 0.3 is 0 Å². The summed E-state index contributed by atoms with van der Waals surface area (Å²) < 4.78 is 27.4. The first kappa shape index (κ1) is 15.6. The second-order valence-corrected chi connectivity index (χ2v) is 6.97. The predicted octanol–water partition coefficient (Wildman–Crippen LogP) is 4.14. The van der Waals surface area contributed by atoms with E-state index in [0.29, 0.717) is 11.6 Å². The highest BCUT2D eigenvalue weighted by atomic mass is 32.2. The molecule has 2 rings (SSSR count). The maximum atomic E-state index is 12.3. The van der Waals surface area contributed by atoms with Crippen molar-refractivity contribution in [2.75, 3.05) is 4.72 Å². The summed E-state index contributed by atoms with van der Waals surface area (Å²) >= 11 is 0. The number of hydrogen-bond donors (Lipinski definition) is 1. The van der Waals surface area contributed by atoms with E-state index in [4.69, 9.17) is 0 Å². The van der Waals surface area contributed by atoms with Crippen LogP contribution in [0.1, 0.15) is 37.3 Å². The van der Waals surface area contributed by atoms with Gasteiger partial charge in [0.25, 0.3) is 0 Å². The lowest BCUT2D eigenvalue weighted by atomic mass is 9.97. The summed E-state index contributed by atoms with van der Waals surface area (Å²) in [6.45, 7) is 4.20. The Labute approximate surface area is 127 Å². The number of para-hydroxylation sites is 1. The summed E-state index contributed by atoms with van der Waals surface area (Å²) in [5, 5.41) is 0. The molecular weight excluding hydrogens is 282 g/mol.